The lowest BCUT2D eigenvalue weighted by Crippen LogP contribution is -2.16. The van der Waals surface area contributed by atoms with Gasteiger partial charge in [-0.3, -0.25) is 4.79 Å². The fourth-order valence-corrected chi connectivity index (χ4v) is 1.43. The predicted molar refractivity (Wildman–Crippen MR) is 54.1 cm³/mol. The molecule has 0 saturated carbocycles. The summed E-state index contributed by atoms with van der Waals surface area (Å²) in [5.74, 6) is -0.0633. The van der Waals surface area contributed by atoms with Crippen molar-refractivity contribution in [1.29, 1.82) is 0 Å². The second kappa shape index (κ2) is 6.02. The molecule has 0 radical (unpaired) electrons. The summed E-state index contributed by atoms with van der Waals surface area (Å²) in [5.41, 5.74) is 0. The van der Waals surface area contributed by atoms with E-state index < -0.39 is 0 Å². The van der Waals surface area contributed by atoms with E-state index in [-0.39, 0.29) is 12.1 Å². The molecule has 3 nitrogen and oxygen atoms in total. The van der Waals surface area contributed by atoms with Gasteiger partial charge in [-0.2, -0.15) is 0 Å². The fraction of sp³-hybridized carbons (Fsp3) is 0.909. The van der Waals surface area contributed by atoms with E-state index in [4.69, 9.17) is 9.47 Å². The Labute approximate surface area is 85.8 Å². The van der Waals surface area contributed by atoms with Gasteiger partial charge in [-0.25, -0.2) is 0 Å². The molecule has 3 heteroatoms. The number of unbranched alkanes of at least 4 members (excludes halogenated alkanes) is 2. The molecular formula is C11H20O3. The fourth-order valence-electron chi connectivity index (χ4n) is 1.43. The van der Waals surface area contributed by atoms with Gasteiger partial charge in [0, 0.05) is 12.8 Å². The zero-order valence-corrected chi connectivity index (χ0v) is 9.12. The van der Waals surface area contributed by atoms with Gasteiger partial charge in [0.2, 0.25) is 0 Å². The summed E-state index contributed by atoms with van der Waals surface area (Å²) in [7, 11) is 0. The molecule has 1 aliphatic heterocycles. The molecule has 0 aromatic carbocycles. The third-order valence-corrected chi connectivity index (χ3v) is 2.31. The zero-order valence-electron chi connectivity index (χ0n) is 9.12. The number of hydrogen-bond donors (Lipinski definition) is 0. The van der Waals surface area contributed by atoms with Crippen LogP contribution in [0, 0.1) is 0 Å². The molecule has 14 heavy (non-hydrogen) atoms. The maximum atomic E-state index is 11.3. The summed E-state index contributed by atoms with van der Waals surface area (Å²) >= 11 is 0. The molecular weight excluding hydrogens is 180 g/mol. The van der Waals surface area contributed by atoms with Gasteiger partial charge in [0.15, 0.2) is 0 Å². The molecule has 2 unspecified atom stereocenters. The average molecular weight is 200 g/mol. The Morgan fingerprint density at radius 1 is 1.57 bits per heavy atom. The Balaban J connectivity index is 1.99. The van der Waals surface area contributed by atoms with Crippen molar-refractivity contribution < 1.29 is 14.3 Å². The molecule has 0 N–H and O–H groups in total. The number of carbonyl (C=O) groups excluding carboxylic acids is 1. The van der Waals surface area contributed by atoms with Crippen LogP contribution in [0.15, 0.2) is 0 Å². The van der Waals surface area contributed by atoms with E-state index in [1.165, 1.54) is 0 Å². The first kappa shape index (κ1) is 11.5. The van der Waals surface area contributed by atoms with Crippen molar-refractivity contribution in [3.8, 4) is 0 Å². The second-order valence-corrected chi connectivity index (χ2v) is 3.95. The molecule has 0 bridgehead atoms. The van der Waals surface area contributed by atoms with Crippen LogP contribution in [0.25, 0.3) is 0 Å². The maximum Gasteiger partial charge on any atom is 0.306 e. The van der Waals surface area contributed by atoms with Crippen LogP contribution in [0.2, 0.25) is 0 Å². The standard InChI is InChI=1S/C11H20O3/c1-3-4-5-6-11(12)14-9(2)7-10-8-13-10/h9-10H,3-8H2,1-2H3. The minimum absolute atomic E-state index is 0.0108. The third-order valence-electron chi connectivity index (χ3n) is 2.31. The van der Waals surface area contributed by atoms with Gasteiger partial charge < -0.3 is 9.47 Å². The van der Waals surface area contributed by atoms with E-state index >= 15 is 0 Å². The lowest BCUT2D eigenvalue weighted by molar-refractivity contribution is -0.148. The van der Waals surface area contributed by atoms with E-state index in [2.05, 4.69) is 6.92 Å². The maximum absolute atomic E-state index is 11.3. The summed E-state index contributed by atoms with van der Waals surface area (Å²) in [4.78, 5) is 11.3. The molecule has 1 fully saturated rings. The van der Waals surface area contributed by atoms with Gasteiger partial charge in [0.05, 0.1) is 12.7 Å². The smallest absolute Gasteiger partial charge is 0.306 e. The Kier molecular flexibility index (Phi) is 4.94. The highest BCUT2D eigenvalue weighted by atomic mass is 16.6. The second-order valence-electron chi connectivity index (χ2n) is 3.95. The highest BCUT2D eigenvalue weighted by Crippen LogP contribution is 2.17. The van der Waals surface area contributed by atoms with Crippen molar-refractivity contribution >= 4 is 5.97 Å². The van der Waals surface area contributed by atoms with Gasteiger partial charge in [-0.05, 0) is 13.3 Å². The Morgan fingerprint density at radius 2 is 2.29 bits per heavy atom. The van der Waals surface area contributed by atoms with Crippen LogP contribution in [0.1, 0.15) is 46.0 Å². The molecule has 0 aliphatic carbocycles. The van der Waals surface area contributed by atoms with Crippen molar-refractivity contribution in [3.05, 3.63) is 0 Å². The first-order chi connectivity index (χ1) is 6.72. The monoisotopic (exact) mass is 200 g/mol. The Bertz CT molecular complexity index is 175. The molecule has 0 amide bonds. The molecule has 1 saturated heterocycles. The SMILES string of the molecule is CCCCCC(=O)OC(C)CC1CO1. The topological polar surface area (TPSA) is 38.8 Å². The number of carbonyl (C=O) groups is 1. The van der Waals surface area contributed by atoms with Crippen LogP contribution in [-0.4, -0.2) is 24.8 Å². The highest BCUT2D eigenvalue weighted by Gasteiger charge is 2.26. The largest absolute Gasteiger partial charge is 0.463 e. The normalized spacial score (nSPS) is 21.7. The van der Waals surface area contributed by atoms with Crippen LogP contribution in [0.5, 0.6) is 0 Å². The molecule has 0 aromatic rings. The van der Waals surface area contributed by atoms with Crippen LogP contribution in [0.4, 0.5) is 0 Å². The minimum atomic E-state index is -0.0633. The minimum Gasteiger partial charge on any atom is -0.463 e. The van der Waals surface area contributed by atoms with Crippen LogP contribution < -0.4 is 0 Å². The predicted octanol–water partition coefficient (Wildman–Crippen LogP) is 2.29. The van der Waals surface area contributed by atoms with Crippen LogP contribution in [-0.2, 0) is 14.3 Å². The molecule has 0 aromatic heterocycles. The van der Waals surface area contributed by atoms with Gasteiger partial charge in [0.1, 0.15) is 6.10 Å². The van der Waals surface area contributed by atoms with Gasteiger partial charge in [0.25, 0.3) is 0 Å². The van der Waals surface area contributed by atoms with Crippen molar-refractivity contribution in [2.75, 3.05) is 6.61 Å². The molecule has 2 atom stereocenters. The zero-order chi connectivity index (χ0) is 10.4. The summed E-state index contributed by atoms with van der Waals surface area (Å²) in [6.45, 7) is 4.88. The molecule has 82 valence electrons. The molecule has 1 aliphatic rings. The number of ether oxygens (including phenoxy) is 2. The number of esters is 1. The van der Waals surface area contributed by atoms with E-state index in [0.717, 1.165) is 32.3 Å². The van der Waals surface area contributed by atoms with E-state index in [0.29, 0.717) is 12.5 Å². The van der Waals surface area contributed by atoms with Crippen molar-refractivity contribution in [1.82, 2.24) is 0 Å². The van der Waals surface area contributed by atoms with E-state index in [9.17, 15) is 4.79 Å². The number of hydrogen-bond acceptors (Lipinski definition) is 3. The number of rotatable bonds is 7. The first-order valence-electron chi connectivity index (χ1n) is 5.53. The van der Waals surface area contributed by atoms with E-state index in [1.807, 2.05) is 6.92 Å². The lowest BCUT2D eigenvalue weighted by atomic mass is 10.2. The van der Waals surface area contributed by atoms with Crippen molar-refractivity contribution in [2.24, 2.45) is 0 Å². The van der Waals surface area contributed by atoms with E-state index in [1.54, 1.807) is 0 Å². The molecule has 1 rings (SSSR count). The first-order valence-corrected chi connectivity index (χ1v) is 5.53. The van der Waals surface area contributed by atoms with Crippen LogP contribution in [0.3, 0.4) is 0 Å². The summed E-state index contributed by atoms with van der Waals surface area (Å²) in [6.07, 6.45) is 4.95. The van der Waals surface area contributed by atoms with Crippen molar-refractivity contribution in [2.45, 2.75) is 58.2 Å². The Morgan fingerprint density at radius 3 is 2.86 bits per heavy atom. The summed E-state index contributed by atoms with van der Waals surface area (Å²) in [6, 6.07) is 0. The lowest BCUT2D eigenvalue weighted by Gasteiger charge is -2.11. The van der Waals surface area contributed by atoms with Crippen molar-refractivity contribution in [3.63, 3.8) is 0 Å². The average Bonchev–Trinajstić information content (AvgIpc) is 2.88. The molecule has 0 spiro atoms. The van der Waals surface area contributed by atoms with Crippen LogP contribution >= 0.6 is 0 Å². The number of epoxide rings is 1. The Hall–Kier alpha value is -0.570. The van der Waals surface area contributed by atoms with Gasteiger partial charge >= 0.3 is 5.97 Å². The third kappa shape index (κ3) is 5.22. The van der Waals surface area contributed by atoms with Gasteiger partial charge in [-0.15, -0.1) is 0 Å². The highest BCUT2D eigenvalue weighted by molar-refractivity contribution is 5.69. The summed E-state index contributed by atoms with van der Waals surface area (Å²) in [5, 5.41) is 0. The summed E-state index contributed by atoms with van der Waals surface area (Å²) < 4.78 is 10.3. The van der Waals surface area contributed by atoms with Gasteiger partial charge in [-0.1, -0.05) is 19.8 Å². The molecule has 1 heterocycles. The quantitative estimate of drug-likeness (QED) is 0.359.